The van der Waals surface area contributed by atoms with Crippen LogP contribution in [0.1, 0.15) is 24.0 Å². The molecule has 0 radical (unpaired) electrons. The molecule has 3 rings (SSSR count). The fourth-order valence-electron chi connectivity index (χ4n) is 3.45. The Bertz CT molecular complexity index is 818. The molecular weight excluding hydrogens is 366 g/mol. The van der Waals surface area contributed by atoms with Crippen molar-refractivity contribution in [3.8, 4) is 0 Å². The van der Waals surface area contributed by atoms with Crippen molar-refractivity contribution in [3.63, 3.8) is 0 Å². The van der Waals surface area contributed by atoms with E-state index in [0.29, 0.717) is 13.0 Å². The van der Waals surface area contributed by atoms with Crippen LogP contribution >= 0.6 is 0 Å². The van der Waals surface area contributed by atoms with E-state index in [1.807, 2.05) is 60.7 Å². The molecule has 0 aliphatic carbocycles. The Hall–Kier alpha value is -2.99. The van der Waals surface area contributed by atoms with Crippen LogP contribution in [0.15, 0.2) is 60.7 Å². The van der Waals surface area contributed by atoms with Gasteiger partial charge in [0.1, 0.15) is 6.04 Å². The van der Waals surface area contributed by atoms with E-state index in [0.717, 1.165) is 30.5 Å². The topological polar surface area (TPSA) is 87.3 Å². The van der Waals surface area contributed by atoms with E-state index >= 15 is 0 Å². The predicted molar refractivity (Wildman–Crippen MR) is 111 cm³/mol. The molecule has 29 heavy (non-hydrogen) atoms. The molecule has 2 amide bonds. The van der Waals surface area contributed by atoms with Crippen LogP contribution in [0.3, 0.4) is 0 Å². The number of ketones is 1. The molecule has 1 saturated heterocycles. The predicted octanol–water partition coefficient (Wildman–Crippen LogP) is 1.39. The summed E-state index contributed by atoms with van der Waals surface area (Å²) in [7, 11) is 0. The lowest BCUT2D eigenvalue weighted by molar-refractivity contribution is -0.140. The van der Waals surface area contributed by atoms with Crippen LogP contribution in [-0.2, 0) is 27.2 Å². The summed E-state index contributed by atoms with van der Waals surface area (Å²) >= 11 is 0. The third-order valence-corrected chi connectivity index (χ3v) is 5.06. The minimum atomic E-state index is -0.885. The third-order valence-electron chi connectivity index (χ3n) is 5.06. The minimum absolute atomic E-state index is 0.228. The second-order valence-corrected chi connectivity index (χ2v) is 7.26. The second-order valence-electron chi connectivity index (χ2n) is 7.26. The van der Waals surface area contributed by atoms with Gasteiger partial charge in [0, 0.05) is 13.0 Å². The van der Waals surface area contributed by atoms with Gasteiger partial charge in [0.25, 0.3) is 5.91 Å². The van der Waals surface area contributed by atoms with Gasteiger partial charge in [0.2, 0.25) is 11.7 Å². The summed E-state index contributed by atoms with van der Waals surface area (Å²) in [6.45, 7) is 1.15. The third kappa shape index (κ3) is 6.26. The fourth-order valence-corrected chi connectivity index (χ4v) is 3.45. The highest BCUT2D eigenvalue weighted by atomic mass is 16.2. The molecule has 6 nitrogen and oxygen atoms in total. The number of hydrogen-bond donors (Lipinski definition) is 3. The van der Waals surface area contributed by atoms with Crippen LogP contribution in [0.4, 0.5) is 0 Å². The largest absolute Gasteiger partial charge is 0.349 e. The summed E-state index contributed by atoms with van der Waals surface area (Å²) in [5, 5.41) is 8.59. The van der Waals surface area contributed by atoms with E-state index < -0.39 is 17.7 Å². The molecular formula is C23H27N3O3. The summed E-state index contributed by atoms with van der Waals surface area (Å²) in [5.41, 5.74) is 1.98. The van der Waals surface area contributed by atoms with Crippen LogP contribution in [-0.4, -0.2) is 42.8 Å². The van der Waals surface area contributed by atoms with E-state index in [9.17, 15) is 14.4 Å². The first-order chi connectivity index (χ1) is 14.1. The van der Waals surface area contributed by atoms with Crippen molar-refractivity contribution in [2.45, 2.75) is 37.8 Å². The van der Waals surface area contributed by atoms with Crippen LogP contribution in [0, 0.1) is 0 Å². The molecule has 2 aromatic carbocycles. The summed E-state index contributed by atoms with van der Waals surface area (Å²) in [6, 6.07) is 18.0. The second kappa shape index (κ2) is 10.5. The fraction of sp³-hybridized carbons (Fsp3) is 0.348. The number of nitrogens with one attached hydrogen (secondary N) is 3. The van der Waals surface area contributed by atoms with Gasteiger partial charge in [-0.1, -0.05) is 60.7 Å². The Morgan fingerprint density at radius 2 is 1.62 bits per heavy atom. The van der Waals surface area contributed by atoms with Gasteiger partial charge >= 0.3 is 0 Å². The Labute approximate surface area is 171 Å². The summed E-state index contributed by atoms with van der Waals surface area (Å²) in [4.78, 5) is 37.7. The highest BCUT2D eigenvalue weighted by Gasteiger charge is 2.30. The zero-order chi connectivity index (χ0) is 20.5. The number of carbonyl (C=O) groups is 3. The van der Waals surface area contributed by atoms with Gasteiger partial charge < -0.3 is 16.0 Å². The van der Waals surface area contributed by atoms with Crippen molar-refractivity contribution in [2.24, 2.45) is 0 Å². The number of hydrogen-bond acceptors (Lipinski definition) is 4. The molecule has 2 atom stereocenters. The molecule has 3 N–H and O–H groups in total. The molecule has 1 aliphatic rings. The molecule has 1 fully saturated rings. The van der Waals surface area contributed by atoms with E-state index in [1.165, 1.54) is 0 Å². The maximum atomic E-state index is 12.8. The van der Waals surface area contributed by atoms with Crippen molar-refractivity contribution in [2.75, 3.05) is 13.1 Å². The average Bonchev–Trinajstić information content (AvgIpc) is 3.29. The van der Waals surface area contributed by atoms with E-state index in [-0.39, 0.29) is 18.4 Å². The van der Waals surface area contributed by atoms with Crippen molar-refractivity contribution in [3.05, 3.63) is 71.8 Å². The molecule has 0 aromatic heterocycles. The van der Waals surface area contributed by atoms with Gasteiger partial charge in [0.05, 0.1) is 6.04 Å². The Balaban J connectivity index is 1.60. The van der Waals surface area contributed by atoms with Crippen LogP contribution in [0.2, 0.25) is 0 Å². The number of amides is 2. The van der Waals surface area contributed by atoms with Crippen LogP contribution in [0.25, 0.3) is 0 Å². The molecule has 1 heterocycles. The number of Topliss-reactive ketones (excluding diaryl/α,β-unsaturated/α-hetero) is 1. The van der Waals surface area contributed by atoms with Gasteiger partial charge in [-0.15, -0.1) is 0 Å². The maximum Gasteiger partial charge on any atom is 0.289 e. The Kier molecular flexibility index (Phi) is 7.53. The minimum Gasteiger partial charge on any atom is -0.349 e. The lowest BCUT2D eigenvalue weighted by Crippen LogP contribution is -2.52. The molecule has 152 valence electrons. The summed E-state index contributed by atoms with van der Waals surface area (Å²) in [5.74, 6) is -1.51. The first kappa shape index (κ1) is 20.7. The van der Waals surface area contributed by atoms with Gasteiger partial charge in [-0.25, -0.2) is 0 Å². The summed E-state index contributed by atoms with van der Waals surface area (Å²) < 4.78 is 0. The lowest BCUT2D eigenvalue weighted by atomic mass is 10.0. The molecule has 0 spiro atoms. The smallest absolute Gasteiger partial charge is 0.289 e. The number of rotatable bonds is 9. The number of carbonyl (C=O) groups excluding carboxylic acids is 3. The first-order valence-corrected chi connectivity index (χ1v) is 10.1. The first-order valence-electron chi connectivity index (χ1n) is 10.1. The van der Waals surface area contributed by atoms with Gasteiger partial charge in [-0.05, 0) is 36.9 Å². The highest BCUT2D eigenvalue weighted by molar-refractivity contribution is 6.38. The maximum absolute atomic E-state index is 12.8. The molecule has 0 saturated carbocycles. The van der Waals surface area contributed by atoms with Gasteiger partial charge in [0.15, 0.2) is 0 Å². The van der Waals surface area contributed by atoms with Crippen molar-refractivity contribution >= 4 is 17.6 Å². The highest BCUT2D eigenvalue weighted by Crippen LogP contribution is 2.08. The Morgan fingerprint density at radius 1 is 0.966 bits per heavy atom. The van der Waals surface area contributed by atoms with Crippen molar-refractivity contribution < 1.29 is 14.4 Å². The van der Waals surface area contributed by atoms with Crippen molar-refractivity contribution in [1.82, 2.24) is 16.0 Å². The molecule has 0 unspecified atom stereocenters. The zero-order valence-corrected chi connectivity index (χ0v) is 16.4. The standard InChI is InChI=1S/C23H27N3O3/c27-21(23(29)25-15-13-17-8-3-1-4-9-17)20(16-18-10-5-2-6-11-18)26-22(28)19-12-7-14-24-19/h1-6,8-11,19-20,24H,7,12-16H2,(H,25,29)(H,26,28)/t19-,20-/m1/s1. The zero-order valence-electron chi connectivity index (χ0n) is 16.4. The number of benzene rings is 2. The van der Waals surface area contributed by atoms with Gasteiger partial charge in [-0.3, -0.25) is 14.4 Å². The van der Waals surface area contributed by atoms with E-state index in [1.54, 1.807) is 0 Å². The monoisotopic (exact) mass is 393 g/mol. The molecule has 6 heteroatoms. The van der Waals surface area contributed by atoms with E-state index in [4.69, 9.17) is 0 Å². The molecule has 1 aliphatic heterocycles. The van der Waals surface area contributed by atoms with Crippen LogP contribution in [0.5, 0.6) is 0 Å². The van der Waals surface area contributed by atoms with Gasteiger partial charge in [-0.2, -0.15) is 0 Å². The molecule has 2 aromatic rings. The normalized spacial score (nSPS) is 16.8. The lowest BCUT2D eigenvalue weighted by Gasteiger charge is -2.20. The summed E-state index contributed by atoms with van der Waals surface area (Å²) in [6.07, 6.45) is 2.59. The molecule has 0 bridgehead atoms. The quantitative estimate of drug-likeness (QED) is 0.562. The van der Waals surface area contributed by atoms with E-state index in [2.05, 4.69) is 16.0 Å². The SMILES string of the molecule is O=C(NCCc1ccccc1)C(=O)[C@@H](Cc1ccccc1)NC(=O)[C@H]1CCCN1. The van der Waals surface area contributed by atoms with Crippen molar-refractivity contribution in [1.29, 1.82) is 0 Å². The van der Waals surface area contributed by atoms with Crippen LogP contribution < -0.4 is 16.0 Å². The Morgan fingerprint density at radius 3 is 2.24 bits per heavy atom. The average molecular weight is 393 g/mol.